The summed E-state index contributed by atoms with van der Waals surface area (Å²) in [6.07, 6.45) is 1.56. The number of rotatable bonds is 4. The van der Waals surface area contributed by atoms with Crippen LogP contribution in [-0.4, -0.2) is 26.0 Å². The fraction of sp³-hybridized carbons (Fsp3) is 0. The Morgan fingerprint density at radius 2 is 2.08 bits per heavy atom. The van der Waals surface area contributed by atoms with Gasteiger partial charge in [-0.25, -0.2) is 0 Å². The number of carbonyl (C=O) groups excluding carboxylic acids is 1. The van der Waals surface area contributed by atoms with Crippen LogP contribution in [0.4, 0.5) is 11.7 Å². The van der Waals surface area contributed by atoms with Gasteiger partial charge in [-0.15, -0.1) is 5.10 Å². The Morgan fingerprint density at radius 1 is 1.25 bits per heavy atom. The van der Waals surface area contributed by atoms with E-state index in [0.29, 0.717) is 5.69 Å². The van der Waals surface area contributed by atoms with E-state index in [0.717, 1.165) is 6.07 Å². The molecule has 0 saturated heterocycles. The fourth-order valence-corrected chi connectivity index (χ4v) is 2.04. The summed E-state index contributed by atoms with van der Waals surface area (Å²) in [4.78, 5) is 26.4. The third-order valence-electron chi connectivity index (χ3n) is 2.93. The van der Waals surface area contributed by atoms with Crippen LogP contribution in [0.1, 0.15) is 10.4 Å². The Labute approximate surface area is 139 Å². The standard InChI is InChI=1S/C14H8ClN5O4/c15-10-5-4-8(20(22)23)7-9(10)12(21)17-14-19-18-13(24-14)11-3-1-2-6-16-11/h1-7H,(H,17,19,21). The number of benzene rings is 1. The Hall–Kier alpha value is -3.33. The van der Waals surface area contributed by atoms with Crippen molar-refractivity contribution < 1.29 is 14.1 Å². The molecule has 0 spiro atoms. The Morgan fingerprint density at radius 3 is 2.79 bits per heavy atom. The number of non-ortho nitro benzene ring substituents is 1. The molecule has 3 aromatic rings. The van der Waals surface area contributed by atoms with Gasteiger partial charge in [-0.05, 0) is 18.2 Å². The summed E-state index contributed by atoms with van der Waals surface area (Å²) >= 11 is 5.90. The van der Waals surface area contributed by atoms with Crippen LogP contribution >= 0.6 is 11.6 Å². The van der Waals surface area contributed by atoms with E-state index in [2.05, 4.69) is 20.5 Å². The lowest BCUT2D eigenvalue weighted by molar-refractivity contribution is -0.384. The summed E-state index contributed by atoms with van der Waals surface area (Å²) < 4.78 is 5.29. The SMILES string of the molecule is O=C(Nc1nnc(-c2ccccn2)o1)c1cc([N+](=O)[O-])ccc1Cl. The molecule has 2 heterocycles. The summed E-state index contributed by atoms with van der Waals surface area (Å²) in [7, 11) is 0. The van der Waals surface area contributed by atoms with Gasteiger partial charge in [0.05, 0.1) is 15.5 Å². The Balaban J connectivity index is 1.82. The van der Waals surface area contributed by atoms with Crippen molar-refractivity contribution >= 4 is 29.2 Å². The minimum absolute atomic E-state index is 0.0579. The first-order chi connectivity index (χ1) is 11.5. The lowest BCUT2D eigenvalue weighted by Crippen LogP contribution is -2.13. The van der Waals surface area contributed by atoms with Crippen molar-refractivity contribution in [3.8, 4) is 11.6 Å². The number of anilines is 1. The van der Waals surface area contributed by atoms with Crippen LogP contribution in [0.15, 0.2) is 47.0 Å². The molecule has 24 heavy (non-hydrogen) atoms. The topological polar surface area (TPSA) is 124 Å². The number of hydrogen-bond donors (Lipinski definition) is 1. The number of nitrogens with one attached hydrogen (secondary N) is 1. The van der Waals surface area contributed by atoms with Crippen LogP contribution in [-0.2, 0) is 0 Å². The molecule has 0 bridgehead atoms. The van der Waals surface area contributed by atoms with Gasteiger partial charge in [0.1, 0.15) is 5.69 Å². The fourth-order valence-electron chi connectivity index (χ4n) is 1.83. The molecule has 2 aromatic heterocycles. The van der Waals surface area contributed by atoms with Crippen LogP contribution in [0.25, 0.3) is 11.6 Å². The number of carbonyl (C=O) groups is 1. The molecule has 0 aliphatic heterocycles. The molecule has 1 amide bonds. The zero-order chi connectivity index (χ0) is 17.1. The minimum Gasteiger partial charge on any atom is -0.401 e. The maximum absolute atomic E-state index is 12.2. The second kappa shape index (κ2) is 6.42. The largest absolute Gasteiger partial charge is 0.401 e. The van der Waals surface area contributed by atoms with Crippen molar-refractivity contribution in [2.75, 3.05) is 5.32 Å². The molecule has 0 atom stereocenters. The van der Waals surface area contributed by atoms with E-state index >= 15 is 0 Å². The average molecular weight is 346 g/mol. The van der Waals surface area contributed by atoms with E-state index in [4.69, 9.17) is 16.0 Å². The van der Waals surface area contributed by atoms with E-state index in [9.17, 15) is 14.9 Å². The molecule has 120 valence electrons. The van der Waals surface area contributed by atoms with E-state index in [1.807, 2.05) is 0 Å². The maximum atomic E-state index is 12.2. The first-order valence-corrected chi connectivity index (χ1v) is 6.92. The molecule has 0 fully saturated rings. The van der Waals surface area contributed by atoms with Gasteiger partial charge in [-0.3, -0.25) is 25.2 Å². The highest BCUT2D eigenvalue weighted by molar-refractivity contribution is 6.34. The second-order valence-corrected chi connectivity index (χ2v) is 4.91. The highest BCUT2D eigenvalue weighted by atomic mass is 35.5. The molecule has 0 saturated carbocycles. The highest BCUT2D eigenvalue weighted by Gasteiger charge is 2.18. The zero-order valence-electron chi connectivity index (χ0n) is 11.8. The molecule has 0 unspecified atom stereocenters. The highest BCUT2D eigenvalue weighted by Crippen LogP contribution is 2.23. The normalized spacial score (nSPS) is 10.4. The van der Waals surface area contributed by atoms with Crippen molar-refractivity contribution in [2.24, 2.45) is 0 Å². The number of nitro benzene ring substituents is 1. The quantitative estimate of drug-likeness (QED) is 0.569. The van der Waals surface area contributed by atoms with Crippen molar-refractivity contribution in [2.45, 2.75) is 0 Å². The van der Waals surface area contributed by atoms with Crippen molar-refractivity contribution in [3.63, 3.8) is 0 Å². The number of hydrogen-bond acceptors (Lipinski definition) is 7. The van der Waals surface area contributed by atoms with Gasteiger partial charge in [0.25, 0.3) is 17.5 Å². The maximum Gasteiger partial charge on any atom is 0.322 e. The monoisotopic (exact) mass is 345 g/mol. The summed E-state index contributed by atoms with van der Waals surface area (Å²) in [5.74, 6) is -0.587. The number of nitrogens with zero attached hydrogens (tertiary/aromatic N) is 4. The number of halogens is 1. The molecule has 0 aliphatic rings. The number of nitro groups is 1. The smallest absolute Gasteiger partial charge is 0.322 e. The first kappa shape index (κ1) is 15.6. The lowest BCUT2D eigenvalue weighted by atomic mass is 10.2. The first-order valence-electron chi connectivity index (χ1n) is 6.55. The van der Waals surface area contributed by atoms with Gasteiger partial charge in [0, 0.05) is 18.3 Å². The molecular formula is C14H8ClN5O4. The number of pyridine rings is 1. The second-order valence-electron chi connectivity index (χ2n) is 4.50. The number of amides is 1. The third-order valence-corrected chi connectivity index (χ3v) is 3.26. The molecule has 0 aliphatic carbocycles. The van der Waals surface area contributed by atoms with Gasteiger partial charge in [-0.2, -0.15) is 0 Å². The number of aromatic nitrogens is 3. The van der Waals surface area contributed by atoms with Gasteiger partial charge in [-0.1, -0.05) is 22.8 Å². The van der Waals surface area contributed by atoms with Gasteiger partial charge in [0.2, 0.25) is 0 Å². The van der Waals surface area contributed by atoms with E-state index in [1.54, 1.807) is 24.4 Å². The van der Waals surface area contributed by atoms with Crippen LogP contribution < -0.4 is 5.32 Å². The summed E-state index contributed by atoms with van der Waals surface area (Å²) in [5, 5.41) is 20.6. The molecule has 1 aromatic carbocycles. The van der Waals surface area contributed by atoms with Crippen LogP contribution in [0, 0.1) is 10.1 Å². The van der Waals surface area contributed by atoms with E-state index in [-0.39, 0.29) is 28.2 Å². The summed E-state index contributed by atoms with van der Waals surface area (Å²) in [6.45, 7) is 0. The minimum atomic E-state index is -0.708. The molecule has 10 heteroatoms. The Kier molecular flexibility index (Phi) is 4.17. The van der Waals surface area contributed by atoms with Crippen molar-refractivity contribution in [3.05, 3.63) is 63.3 Å². The molecule has 9 nitrogen and oxygen atoms in total. The lowest BCUT2D eigenvalue weighted by Gasteiger charge is -2.03. The van der Waals surface area contributed by atoms with E-state index < -0.39 is 10.8 Å². The molecular weight excluding hydrogens is 338 g/mol. The Bertz CT molecular complexity index is 913. The average Bonchev–Trinajstić information content (AvgIpc) is 3.04. The van der Waals surface area contributed by atoms with Gasteiger partial charge >= 0.3 is 6.01 Å². The third kappa shape index (κ3) is 3.20. The zero-order valence-corrected chi connectivity index (χ0v) is 12.6. The predicted octanol–water partition coefficient (Wildman–Crippen LogP) is 2.95. The molecule has 0 radical (unpaired) electrons. The predicted molar refractivity (Wildman–Crippen MR) is 83.6 cm³/mol. The molecule has 1 N–H and O–H groups in total. The van der Waals surface area contributed by atoms with Crippen LogP contribution in [0.5, 0.6) is 0 Å². The van der Waals surface area contributed by atoms with Gasteiger partial charge < -0.3 is 4.42 Å². The van der Waals surface area contributed by atoms with Crippen LogP contribution in [0.2, 0.25) is 5.02 Å². The van der Waals surface area contributed by atoms with Crippen molar-refractivity contribution in [1.29, 1.82) is 0 Å². The summed E-state index contributed by atoms with van der Waals surface area (Å²) in [5.41, 5.74) is 0.103. The molecule has 3 rings (SSSR count). The van der Waals surface area contributed by atoms with Crippen LogP contribution in [0.3, 0.4) is 0 Å². The van der Waals surface area contributed by atoms with E-state index in [1.165, 1.54) is 12.1 Å². The summed E-state index contributed by atoms with van der Waals surface area (Å²) in [6, 6.07) is 8.49. The van der Waals surface area contributed by atoms with Gasteiger partial charge in [0.15, 0.2) is 0 Å². The van der Waals surface area contributed by atoms with Crippen molar-refractivity contribution in [1.82, 2.24) is 15.2 Å².